The second-order valence-corrected chi connectivity index (χ2v) is 6.57. The van der Waals surface area contributed by atoms with Gasteiger partial charge in [-0.05, 0) is 42.7 Å². The number of rotatable bonds is 8. The summed E-state index contributed by atoms with van der Waals surface area (Å²) in [6.07, 6.45) is 0.0136. The number of anilines is 1. The van der Waals surface area contributed by atoms with Gasteiger partial charge in [-0.25, -0.2) is 0 Å². The molecule has 0 aliphatic carbocycles. The second-order valence-electron chi connectivity index (χ2n) is 6.57. The normalized spacial score (nSPS) is 11.5. The molecule has 0 bridgehead atoms. The highest BCUT2D eigenvalue weighted by Crippen LogP contribution is 2.21. The van der Waals surface area contributed by atoms with Crippen LogP contribution in [0.5, 0.6) is 11.5 Å². The van der Waals surface area contributed by atoms with E-state index in [0.717, 1.165) is 16.9 Å². The van der Waals surface area contributed by atoms with Gasteiger partial charge in [-0.3, -0.25) is 4.79 Å². The molecule has 1 unspecified atom stereocenters. The molecule has 0 saturated carbocycles. The Labute approximate surface area is 166 Å². The molecule has 4 nitrogen and oxygen atoms in total. The SMILES string of the molecule is CCC(Oc1ccccc1C)C(=O)Nc1cccc(OCc2ccccc2)c1. The van der Waals surface area contributed by atoms with Crippen LogP contribution in [0, 0.1) is 6.92 Å². The van der Waals surface area contributed by atoms with Gasteiger partial charge in [0, 0.05) is 11.8 Å². The molecule has 0 fully saturated rings. The first-order valence-electron chi connectivity index (χ1n) is 9.45. The van der Waals surface area contributed by atoms with Crippen LogP contribution in [0.1, 0.15) is 24.5 Å². The third-order valence-electron chi connectivity index (χ3n) is 4.38. The lowest BCUT2D eigenvalue weighted by Crippen LogP contribution is -2.32. The third kappa shape index (κ3) is 5.36. The molecule has 0 aliphatic heterocycles. The maximum Gasteiger partial charge on any atom is 0.265 e. The minimum absolute atomic E-state index is 0.175. The Morgan fingerprint density at radius 2 is 1.71 bits per heavy atom. The fourth-order valence-corrected chi connectivity index (χ4v) is 2.79. The number of nitrogens with one attached hydrogen (secondary N) is 1. The fourth-order valence-electron chi connectivity index (χ4n) is 2.79. The zero-order valence-electron chi connectivity index (χ0n) is 16.2. The van der Waals surface area contributed by atoms with Crippen molar-refractivity contribution < 1.29 is 14.3 Å². The van der Waals surface area contributed by atoms with Crippen LogP contribution < -0.4 is 14.8 Å². The van der Waals surface area contributed by atoms with E-state index in [1.807, 2.05) is 92.7 Å². The van der Waals surface area contributed by atoms with E-state index in [2.05, 4.69) is 5.32 Å². The molecule has 1 amide bonds. The largest absolute Gasteiger partial charge is 0.489 e. The van der Waals surface area contributed by atoms with Gasteiger partial charge in [0.25, 0.3) is 5.91 Å². The molecule has 0 saturated heterocycles. The van der Waals surface area contributed by atoms with Crippen LogP contribution in [0.4, 0.5) is 5.69 Å². The van der Waals surface area contributed by atoms with Crippen molar-refractivity contribution in [3.63, 3.8) is 0 Å². The van der Waals surface area contributed by atoms with Crippen LogP contribution in [0.25, 0.3) is 0 Å². The zero-order chi connectivity index (χ0) is 19.8. The standard InChI is InChI=1S/C24H25NO3/c1-3-22(28-23-15-8-7-10-18(23)2)24(26)25-20-13-9-14-21(16-20)27-17-19-11-5-4-6-12-19/h4-16,22H,3,17H2,1-2H3,(H,25,26). The monoisotopic (exact) mass is 375 g/mol. The van der Waals surface area contributed by atoms with Crippen LogP contribution in [-0.4, -0.2) is 12.0 Å². The van der Waals surface area contributed by atoms with E-state index in [1.54, 1.807) is 0 Å². The minimum Gasteiger partial charge on any atom is -0.489 e. The van der Waals surface area contributed by atoms with Gasteiger partial charge < -0.3 is 14.8 Å². The first-order chi connectivity index (χ1) is 13.7. The van der Waals surface area contributed by atoms with Crippen molar-refractivity contribution >= 4 is 11.6 Å². The molecule has 1 atom stereocenters. The molecular weight excluding hydrogens is 350 g/mol. The van der Waals surface area contributed by atoms with Gasteiger partial charge in [-0.1, -0.05) is 61.5 Å². The lowest BCUT2D eigenvalue weighted by molar-refractivity contribution is -0.122. The van der Waals surface area contributed by atoms with Gasteiger partial charge in [0.1, 0.15) is 18.1 Å². The molecule has 0 aromatic heterocycles. The maximum absolute atomic E-state index is 12.7. The second kappa shape index (κ2) is 9.60. The highest BCUT2D eigenvalue weighted by Gasteiger charge is 2.19. The summed E-state index contributed by atoms with van der Waals surface area (Å²) in [7, 11) is 0. The Bertz CT molecular complexity index is 908. The molecule has 0 radical (unpaired) electrons. The van der Waals surface area contributed by atoms with Gasteiger partial charge in [-0.15, -0.1) is 0 Å². The van der Waals surface area contributed by atoms with Crippen LogP contribution >= 0.6 is 0 Å². The average molecular weight is 375 g/mol. The Hall–Kier alpha value is -3.27. The number of carbonyl (C=O) groups excluding carboxylic acids is 1. The van der Waals surface area contributed by atoms with Gasteiger partial charge >= 0.3 is 0 Å². The Morgan fingerprint density at radius 3 is 2.46 bits per heavy atom. The van der Waals surface area contributed by atoms with E-state index in [4.69, 9.17) is 9.47 Å². The van der Waals surface area contributed by atoms with E-state index in [9.17, 15) is 4.79 Å². The van der Waals surface area contributed by atoms with Crippen molar-refractivity contribution in [2.24, 2.45) is 0 Å². The first-order valence-corrected chi connectivity index (χ1v) is 9.45. The van der Waals surface area contributed by atoms with Crippen LogP contribution in [-0.2, 0) is 11.4 Å². The van der Waals surface area contributed by atoms with E-state index >= 15 is 0 Å². The van der Waals surface area contributed by atoms with Gasteiger partial charge in [0.15, 0.2) is 6.10 Å². The van der Waals surface area contributed by atoms with Gasteiger partial charge in [0.05, 0.1) is 0 Å². The quantitative estimate of drug-likeness (QED) is 0.576. The number of aryl methyl sites for hydroxylation is 1. The minimum atomic E-state index is -0.560. The average Bonchev–Trinajstić information content (AvgIpc) is 2.72. The molecule has 1 N–H and O–H groups in total. The van der Waals surface area contributed by atoms with Crippen molar-refractivity contribution in [2.45, 2.75) is 33.0 Å². The molecule has 4 heteroatoms. The molecule has 0 heterocycles. The molecule has 3 aromatic rings. The van der Waals surface area contributed by atoms with E-state index in [0.29, 0.717) is 24.5 Å². The number of ether oxygens (including phenoxy) is 2. The fraction of sp³-hybridized carbons (Fsp3) is 0.208. The van der Waals surface area contributed by atoms with Crippen LogP contribution in [0.3, 0.4) is 0 Å². The summed E-state index contributed by atoms with van der Waals surface area (Å²) in [6, 6.07) is 25.1. The van der Waals surface area contributed by atoms with E-state index in [1.165, 1.54) is 0 Å². The van der Waals surface area contributed by atoms with E-state index < -0.39 is 6.10 Å². The summed E-state index contributed by atoms with van der Waals surface area (Å²) in [5.41, 5.74) is 2.78. The number of hydrogen-bond donors (Lipinski definition) is 1. The highest BCUT2D eigenvalue weighted by atomic mass is 16.5. The smallest absolute Gasteiger partial charge is 0.265 e. The summed E-state index contributed by atoms with van der Waals surface area (Å²) in [6.45, 7) is 4.38. The summed E-state index contributed by atoms with van der Waals surface area (Å²) in [5, 5.41) is 2.93. The predicted molar refractivity (Wildman–Crippen MR) is 112 cm³/mol. The number of benzene rings is 3. The summed E-state index contributed by atoms with van der Waals surface area (Å²) >= 11 is 0. The molecule has 144 valence electrons. The highest BCUT2D eigenvalue weighted by molar-refractivity contribution is 5.94. The molecular formula is C24H25NO3. The van der Waals surface area contributed by atoms with E-state index in [-0.39, 0.29) is 5.91 Å². The van der Waals surface area contributed by atoms with Crippen molar-refractivity contribution in [1.82, 2.24) is 0 Å². The van der Waals surface area contributed by atoms with Crippen LogP contribution in [0.15, 0.2) is 78.9 Å². The summed E-state index contributed by atoms with van der Waals surface area (Å²) in [4.78, 5) is 12.7. The first kappa shape index (κ1) is 19.5. The summed E-state index contributed by atoms with van der Waals surface area (Å²) < 4.78 is 11.8. The zero-order valence-corrected chi connectivity index (χ0v) is 16.2. The molecule has 0 aliphatic rings. The maximum atomic E-state index is 12.7. The van der Waals surface area contributed by atoms with Gasteiger partial charge in [-0.2, -0.15) is 0 Å². The molecule has 3 rings (SSSR count). The molecule has 3 aromatic carbocycles. The summed E-state index contributed by atoms with van der Waals surface area (Å²) in [5.74, 6) is 1.25. The Kier molecular flexibility index (Phi) is 6.68. The lowest BCUT2D eigenvalue weighted by Gasteiger charge is -2.19. The number of amides is 1. The number of carbonyl (C=O) groups is 1. The Balaban J connectivity index is 1.62. The Morgan fingerprint density at radius 1 is 0.964 bits per heavy atom. The number of para-hydroxylation sites is 1. The van der Waals surface area contributed by atoms with Crippen LogP contribution in [0.2, 0.25) is 0 Å². The van der Waals surface area contributed by atoms with Crippen molar-refractivity contribution in [2.75, 3.05) is 5.32 Å². The number of hydrogen-bond acceptors (Lipinski definition) is 3. The van der Waals surface area contributed by atoms with Crippen molar-refractivity contribution in [3.8, 4) is 11.5 Å². The van der Waals surface area contributed by atoms with Crippen molar-refractivity contribution in [1.29, 1.82) is 0 Å². The van der Waals surface area contributed by atoms with Crippen molar-refractivity contribution in [3.05, 3.63) is 90.0 Å². The lowest BCUT2D eigenvalue weighted by atomic mass is 10.2. The van der Waals surface area contributed by atoms with Gasteiger partial charge in [0.2, 0.25) is 0 Å². The molecule has 28 heavy (non-hydrogen) atoms. The topological polar surface area (TPSA) is 47.6 Å². The third-order valence-corrected chi connectivity index (χ3v) is 4.38. The molecule has 0 spiro atoms. The predicted octanol–water partition coefficient (Wildman–Crippen LogP) is 5.37.